The van der Waals surface area contributed by atoms with Crippen LogP contribution in [0.5, 0.6) is 0 Å². The third kappa shape index (κ3) is 40.0. The smallest absolute Gasteiger partial charge is 0.0471 e. The van der Waals surface area contributed by atoms with Gasteiger partial charge in [-0.25, -0.2) is 0 Å². The fourth-order valence-corrected chi connectivity index (χ4v) is 0.612. The molecule has 0 atom stereocenters. The fourth-order valence-electron chi connectivity index (χ4n) is 0.612. The lowest BCUT2D eigenvalue weighted by atomic mass is 10.1. The molecule has 0 saturated carbocycles. The van der Waals surface area contributed by atoms with Crippen molar-refractivity contribution in [2.24, 2.45) is 5.92 Å². The molecule has 72 valence electrons. The summed E-state index contributed by atoms with van der Waals surface area (Å²) >= 11 is 0. The second-order valence-corrected chi connectivity index (χ2v) is 2.54. The fraction of sp³-hybridized carbons (Fsp3) is 1.00. The van der Waals surface area contributed by atoms with E-state index in [1.165, 1.54) is 19.3 Å². The molecule has 0 heteroatoms. The van der Waals surface area contributed by atoms with E-state index in [2.05, 4.69) is 20.8 Å². The minimum absolute atomic E-state index is 0.903. The van der Waals surface area contributed by atoms with Crippen LogP contribution < -0.4 is 0 Å². The summed E-state index contributed by atoms with van der Waals surface area (Å²) in [6.07, 6.45) is 4.15. The van der Waals surface area contributed by atoms with Gasteiger partial charge in [0.2, 0.25) is 0 Å². The molecule has 0 aromatic carbocycles. The van der Waals surface area contributed by atoms with Crippen LogP contribution >= 0.6 is 0 Å². The molecule has 0 aliphatic heterocycles. The maximum Gasteiger partial charge on any atom is -0.0471 e. The van der Waals surface area contributed by atoms with Crippen LogP contribution in [0.25, 0.3) is 0 Å². The van der Waals surface area contributed by atoms with E-state index < -0.39 is 0 Å². The van der Waals surface area contributed by atoms with Gasteiger partial charge in [-0.15, -0.1) is 0 Å². The molecule has 0 amide bonds. The summed E-state index contributed by atoms with van der Waals surface area (Å²) in [6, 6.07) is 0. The maximum atomic E-state index is 2.27. The van der Waals surface area contributed by atoms with E-state index in [0.717, 1.165) is 5.92 Å². The Balaban J connectivity index is -0.000000138. The summed E-state index contributed by atoms with van der Waals surface area (Å²) in [6.45, 7) is 14.8. The van der Waals surface area contributed by atoms with Crippen molar-refractivity contribution >= 4 is 0 Å². The van der Waals surface area contributed by atoms with E-state index >= 15 is 0 Å². The highest BCUT2D eigenvalue weighted by Crippen LogP contribution is 2.04. The van der Waals surface area contributed by atoms with Crippen LogP contribution in [0.15, 0.2) is 0 Å². The largest absolute Gasteiger partial charge is 0.0683 e. The molecule has 0 aliphatic carbocycles. The summed E-state index contributed by atoms with van der Waals surface area (Å²) in [7, 11) is 0. The molecule has 0 rings (SSSR count). The number of rotatable bonds is 3. The first-order valence-corrected chi connectivity index (χ1v) is 5.27. The molecule has 0 bridgehead atoms. The molecule has 0 heterocycles. The Morgan fingerprint density at radius 1 is 0.909 bits per heavy atom. The number of unbranched alkanes of at least 4 members (excludes halogenated alkanes) is 1. The molecule has 0 N–H and O–H groups in total. The molecule has 0 spiro atoms. The van der Waals surface area contributed by atoms with Gasteiger partial charge < -0.3 is 0 Å². The average Bonchev–Trinajstić information content (AvgIpc) is 2.08. The summed E-state index contributed by atoms with van der Waals surface area (Å²) in [5.74, 6) is 0.903. The lowest BCUT2D eigenvalue weighted by Crippen LogP contribution is -1.83. The van der Waals surface area contributed by atoms with E-state index in [1.807, 2.05) is 27.7 Å². The zero-order chi connectivity index (χ0) is 9.70. The van der Waals surface area contributed by atoms with Crippen molar-refractivity contribution in [1.82, 2.24) is 0 Å². The van der Waals surface area contributed by atoms with Gasteiger partial charge in [-0.1, -0.05) is 67.7 Å². The summed E-state index contributed by atoms with van der Waals surface area (Å²) < 4.78 is 0. The standard InChI is InChI=1S/C7H16.2C2H6/c1-4-5-6-7(2)3;2*1-2/h7H,4-6H2,1-3H3;2*1-2H3. The summed E-state index contributed by atoms with van der Waals surface area (Å²) in [5, 5.41) is 0. The van der Waals surface area contributed by atoms with Crippen LogP contribution in [0.1, 0.15) is 67.7 Å². The Hall–Kier alpha value is 0. The third-order valence-corrected chi connectivity index (χ3v) is 1.14. The van der Waals surface area contributed by atoms with Crippen LogP contribution in [-0.4, -0.2) is 0 Å². The first-order chi connectivity index (χ1) is 5.27. The van der Waals surface area contributed by atoms with Crippen LogP contribution in [0.4, 0.5) is 0 Å². The predicted molar refractivity (Wildman–Crippen MR) is 57.1 cm³/mol. The Kier molecular flexibility index (Phi) is 35.2. The highest BCUT2D eigenvalue weighted by atomic mass is 13.9. The van der Waals surface area contributed by atoms with E-state index in [4.69, 9.17) is 0 Å². The molecule has 0 fully saturated rings. The van der Waals surface area contributed by atoms with Gasteiger partial charge in [0.15, 0.2) is 0 Å². The van der Waals surface area contributed by atoms with Gasteiger partial charge in [-0.05, 0) is 5.92 Å². The Bertz CT molecular complexity index is 29.0. The predicted octanol–water partition coefficient (Wildman–Crippen LogP) is 4.89. The van der Waals surface area contributed by atoms with Crippen molar-refractivity contribution in [3.8, 4) is 0 Å². The summed E-state index contributed by atoms with van der Waals surface area (Å²) in [5.41, 5.74) is 0. The van der Waals surface area contributed by atoms with Crippen LogP contribution in [-0.2, 0) is 0 Å². The van der Waals surface area contributed by atoms with Crippen molar-refractivity contribution in [2.75, 3.05) is 0 Å². The van der Waals surface area contributed by atoms with Gasteiger partial charge in [-0.2, -0.15) is 0 Å². The van der Waals surface area contributed by atoms with Crippen LogP contribution in [0, 0.1) is 5.92 Å². The molecule has 0 unspecified atom stereocenters. The lowest BCUT2D eigenvalue weighted by Gasteiger charge is -1.98. The Labute approximate surface area is 74.4 Å². The highest BCUT2D eigenvalue weighted by Gasteiger charge is 1.88. The van der Waals surface area contributed by atoms with Gasteiger partial charge in [0.05, 0.1) is 0 Å². The normalized spacial score (nSPS) is 7.64. The quantitative estimate of drug-likeness (QED) is 0.551. The highest BCUT2D eigenvalue weighted by molar-refractivity contribution is 4.42. The zero-order valence-corrected chi connectivity index (χ0v) is 9.70. The monoisotopic (exact) mass is 160 g/mol. The first-order valence-electron chi connectivity index (χ1n) is 5.27. The Morgan fingerprint density at radius 2 is 1.27 bits per heavy atom. The molecule has 0 radical (unpaired) electrons. The number of hydrogen-bond acceptors (Lipinski definition) is 0. The van der Waals surface area contributed by atoms with Gasteiger partial charge in [0.25, 0.3) is 0 Å². The second-order valence-electron chi connectivity index (χ2n) is 2.54. The van der Waals surface area contributed by atoms with Crippen molar-refractivity contribution in [2.45, 2.75) is 67.7 Å². The SMILES string of the molecule is CC.CC.CCCCC(C)C. The lowest BCUT2D eigenvalue weighted by molar-refractivity contribution is 0.550. The topological polar surface area (TPSA) is 0 Å². The zero-order valence-electron chi connectivity index (χ0n) is 9.70. The minimum Gasteiger partial charge on any atom is -0.0683 e. The van der Waals surface area contributed by atoms with Gasteiger partial charge >= 0.3 is 0 Å². The van der Waals surface area contributed by atoms with Crippen molar-refractivity contribution in [1.29, 1.82) is 0 Å². The molecule has 0 nitrogen and oxygen atoms in total. The molecule has 0 aromatic heterocycles. The minimum atomic E-state index is 0.903. The van der Waals surface area contributed by atoms with E-state index in [-0.39, 0.29) is 0 Å². The Morgan fingerprint density at radius 3 is 1.36 bits per heavy atom. The van der Waals surface area contributed by atoms with Crippen molar-refractivity contribution < 1.29 is 0 Å². The van der Waals surface area contributed by atoms with Gasteiger partial charge in [0.1, 0.15) is 0 Å². The second kappa shape index (κ2) is 22.5. The van der Waals surface area contributed by atoms with Crippen LogP contribution in [0.2, 0.25) is 0 Å². The molecule has 0 aromatic rings. The maximum absolute atomic E-state index is 2.27. The average molecular weight is 160 g/mol. The van der Waals surface area contributed by atoms with Crippen molar-refractivity contribution in [3.05, 3.63) is 0 Å². The van der Waals surface area contributed by atoms with Crippen LogP contribution in [0.3, 0.4) is 0 Å². The molecule has 11 heavy (non-hydrogen) atoms. The molecule has 0 saturated heterocycles. The first kappa shape index (κ1) is 17.2. The third-order valence-electron chi connectivity index (χ3n) is 1.14. The number of hydrogen-bond donors (Lipinski definition) is 0. The van der Waals surface area contributed by atoms with E-state index in [1.54, 1.807) is 0 Å². The molecular weight excluding hydrogens is 132 g/mol. The van der Waals surface area contributed by atoms with Crippen molar-refractivity contribution in [3.63, 3.8) is 0 Å². The van der Waals surface area contributed by atoms with Gasteiger partial charge in [-0.3, -0.25) is 0 Å². The molecule has 0 aliphatic rings. The summed E-state index contributed by atoms with van der Waals surface area (Å²) in [4.78, 5) is 0. The van der Waals surface area contributed by atoms with E-state index in [9.17, 15) is 0 Å². The van der Waals surface area contributed by atoms with Gasteiger partial charge in [0, 0.05) is 0 Å². The molecular formula is C11H28. The van der Waals surface area contributed by atoms with E-state index in [0.29, 0.717) is 0 Å².